The molecule has 1 aliphatic rings. The molecule has 0 aliphatic carbocycles. The summed E-state index contributed by atoms with van der Waals surface area (Å²) in [5.74, 6) is -3.16. The predicted octanol–water partition coefficient (Wildman–Crippen LogP) is 1.70. The summed E-state index contributed by atoms with van der Waals surface area (Å²) in [6.07, 6.45) is 1.39. The number of amides is 1. The first-order chi connectivity index (χ1) is 9.88. The van der Waals surface area contributed by atoms with E-state index in [2.05, 4.69) is 10.2 Å². The summed E-state index contributed by atoms with van der Waals surface area (Å²) < 4.78 is 27.2. The number of nitro benzene ring substituents is 1. The Morgan fingerprint density at radius 3 is 2.57 bits per heavy atom. The number of hydrogen-bond acceptors (Lipinski definition) is 4. The summed E-state index contributed by atoms with van der Waals surface area (Å²) in [5, 5.41) is 13.2. The molecule has 1 fully saturated rings. The summed E-state index contributed by atoms with van der Waals surface area (Å²) in [6, 6.07) is 0.990. The number of benzene rings is 1. The molecule has 1 amide bonds. The largest absolute Gasteiger partial charge is 0.349 e. The molecule has 2 rings (SSSR count). The average Bonchev–Trinajstić information content (AvgIpc) is 2.43. The van der Waals surface area contributed by atoms with E-state index in [0.29, 0.717) is 25.0 Å². The third-order valence-electron chi connectivity index (χ3n) is 3.51. The van der Waals surface area contributed by atoms with Gasteiger partial charge in [0.15, 0.2) is 0 Å². The lowest BCUT2D eigenvalue weighted by atomic mass is 10.0. The molecule has 0 unspecified atom stereocenters. The van der Waals surface area contributed by atoms with Crippen molar-refractivity contribution in [2.75, 3.05) is 20.1 Å². The normalized spacial score (nSPS) is 16.7. The first-order valence-electron chi connectivity index (χ1n) is 6.51. The van der Waals surface area contributed by atoms with Gasteiger partial charge in [0.25, 0.3) is 5.91 Å². The number of carbonyl (C=O) groups excluding carboxylic acids is 1. The maximum atomic E-state index is 13.9. The molecular formula is C13H15F2N3O3. The quantitative estimate of drug-likeness (QED) is 0.681. The molecule has 0 aromatic heterocycles. The number of likely N-dealkylation sites (tertiary alicyclic amines) is 1. The molecule has 1 aromatic carbocycles. The maximum Gasteiger partial charge on any atom is 0.308 e. The molecule has 0 atom stereocenters. The van der Waals surface area contributed by atoms with Gasteiger partial charge >= 0.3 is 5.69 Å². The van der Waals surface area contributed by atoms with Crippen LogP contribution in [0.15, 0.2) is 12.1 Å². The van der Waals surface area contributed by atoms with Crippen molar-refractivity contribution < 1.29 is 18.5 Å². The first-order valence-corrected chi connectivity index (χ1v) is 6.51. The zero-order valence-electron chi connectivity index (χ0n) is 11.4. The number of carbonyl (C=O) groups is 1. The minimum atomic E-state index is -1.31. The third kappa shape index (κ3) is 3.52. The molecule has 0 spiro atoms. The first kappa shape index (κ1) is 15.3. The molecule has 1 N–H and O–H groups in total. The van der Waals surface area contributed by atoms with Crippen molar-refractivity contribution in [3.63, 3.8) is 0 Å². The van der Waals surface area contributed by atoms with Crippen LogP contribution in [0, 0.1) is 21.7 Å². The van der Waals surface area contributed by atoms with Crippen molar-refractivity contribution >= 4 is 11.6 Å². The minimum Gasteiger partial charge on any atom is -0.349 e. The van der Waals surface area contributed by atoms with E-state index >= 15 is 0 Å². The molecule has 114 valence electrons. The van der Waals surface area contributed by atoms with Crippen molar-refractivity contribution in [3.8, 4) is 0 Å². The van der Waals surface area contributed by atoms with E-state index in [4.69, 9.17) is 0 Å². The van der Waals surface area contributed by atoms with Crippen LogP contribution >= 0.6 is 0 Å². The van der Waals surface area contributed by atoms with E-state index in [1.165, 1.54) is 0 Å². The van der Waals surface area contributed by atoms with Gasteiger partial charge in [-0.2, -0.15) is 4.39 Å². The molecule has 0 saturated carbocycles. The highest BCUT2D eigenvalue weighted by Gasteiger charge is 2.26. The van der Waals surface area contributed by atoms with Crippen LogP contribution < -0.4 is 5.32 Å². The van der Waals surface area contributed by atoms with E-state index in [1.807, 2.05) is 7.05 Å². The lowest BCUT2D eigenvalue weighted by Gasteiger charge is -2.29. The van der Waals surface area contributed by atoms with Gasteiger partial charge in [0.1, 0.15) is 5.82 Å². The van der Waals surface area contributed by atoms with Crippen molar-refractivity contribution in [2.45, 2.75) is 18.9 Å². The molecule has 6 nitrogen and oxygen atoms in total. The monoisotopic (exact) mass is 299 g/mol. The smallest absolute Gasteiger partial charge is 0.308 e. The number of nitro groups is 1. The number of nitrogens with one attached hydrogen (secondary N) is 1. The van der Waals surface area contributed by atoms with Gasteiger partial charge in [0, 0.05) is 6.04 Å². The van der Waals surface area contributed by atoms with Crippen LogP contribution in [0.5, 0.6) is 0 Å². The Balaban J connectivity index is 2.17. The highest BCUT2D eigenvalue weighted by atomic mass is 19.1. The zero-order chi connectivity index (χ0) is 15.6. The molecule has 8 heteroatoms. The molecular weight excluding hydrogens is 284 g/mol. The van der Waals surface area contributed by atoms with Crippen LogP contribution in [0.3, 0.4) is 0 Å². The minimum absolute atomic E-state index is 0.143. The SMILES string of the molecule is CN1CCC(NC(=O)c2cc(F)cc([N+](=O)[O-])c2F)CC1. The second-order valence-corrected chi connectivity index (χ2v) is 5.09. The Hall–Kier alpha value is -2.09. The van der Waals surface area contributed by atoms with Gasteiger partial charge in [-0.15, -0.1) is 0 Å². The number of rotatable bonds is 3. The van der Waals surface area contributed by atoms with Crippen molar-refractivity contribution in [1.29, 1.82) is 0 Å². The van der Waals surface area contributed by atoms with Crippen molar-refractivity contribution in [1.82, 2.24) is 10.2 Å². The van der Waals surface area contributed by atoms with Crippen LogP contribution in [0.1, 0.15) is 23.2 Å². The lowest BCUT2D eigenvalue weighted by molar-refractivity contribution is -0.387. The van der Waals surface area contributed by atoms with Gasteiger partial charge in [-0.1, -0.05) is 0 Å². The highest BCUT2D eigenvalue weighted by Crippen LogP contribution is 2.22. The molecule has 1 heterocycles. The fourth-order valence-electron chi connectivity index (χ4n) is 2.29. The van der Waals surface area contributed by atoms with E-state index in [9.17, 15) is 23.7 Å². The maximum absolute atomic E-state index is 13.9. The molecule has 0 bridgehead atoms. The van der Waals surface area contributed by atoms with Crippen molar-refractivity contribution in [3.05, 3.63) is 39.4 Å². The van der Waals surface area contributed by atoms with Gasteiger partial charge < -0.3 is 10.2 Å². The molecule has 1 aromatic rings. The number of hydrogen-bond donors (Lipinski definition) is 1. The molecule has 0 radical (unpaired) electrons. The summed E-state index contributed by atoms with van der Waals surface area (Å²) in [6.45, 7) is 1.58. The van der Waals surface area contributed by atoms with Gasteiger partial charge in [-0.25, -0.2) is 4.39 Å². The Kier molecular flexibility index (Phi) is 4.46. The van der Waals surface area contributed by atoms with Gasteiger partial charge in [0.05, 0.1) is 16.6 Å². The van der Waals surface area contributed by atoms with Crippen molar-refractivity contribution in [2.24, 2.45) is 0 Å². The Bertz CT molecular complexity index is 572. The lowest BCUT2D eigenvalue weighted by Crippen LogP contribution is -2.43. The molecule has 1 saturated heterocycles. The third-order valence-corrected chi connectivity index (χ3v) is 3.51. The highest BCUT2D eigenvalue weighted by molar-refractivity contribution is 5.95. The van der Waals surface area contributed by atoms with E-state index < -0.39 is 33.7 Å². The summed E-state index contributed by atoms with van der Waals surface area (Å²) in [4.78, 5) is 23.7. The molecule has 21 heavy (non-hydrogen) atoms. The Morgan fingerprint density at radius 1 is 1.38 bits per heavy atom. The Labute approximate surface area is 119 Å². The van der Waals surface area contributed by atoms with E-state index in [1.54, 1.807) is 0 Å². The summed E-state index contributed by atoms with van der Waals surface area (Å²) >= 11 is 0. The van der Waals surface area contributed by atoms with Crippen LogP contribution in [-0.2, 0) is 0 Å². The Morgan fingerprint density at radius 2 is 2.00 bits per heavy atom. The fraction of sp³-hybridized carbons (Fsp3) is 0.462. The second kappa shape index (κ2) is 6.13. The van der Waals surface area contributed by atoms with E-state index in [-0.39, 0.29) is 6.04 Å². The van der Waals surface area contributed by atoms with Gasteiger partial charge in [-0.3, -0.25) is 14.9 Å². The van der Waals surface area contributed by atoms with Gasteiger partial charge in [-0.05, 0) is 39.0 Å². The van der Waals surface area contributed by atoms with Crippen LogP contribution in [0.25, 0.3) is 0 Å². The topological polar surface area (TPSA) is 75.5 Å². The zero-order valence-corrected chi connectivity index (χ0v) is 11.4. The van der Waals surface area contributed by atoms with Crippen LogP contribution in [0.4, 0.5) is 14.5 Å². The summed E-state index contributed by atoms with van der Waals surface area (Å²) in [5.41, 5.74) is -1.68. The van der Waals surface area contributed by atoms with Crippen LogP contribution in [-0.4, -0.2) is 41.9 Å². The predicted molar refractivity (Wildman–Crippen MR) is 71.0 cm³/mol. The standard InChI is InChI=1S/C13H15F2N3O3/c1-17-4-2-9(3-5-17)16-13(19)10-6-8(14)7-11(12(10)15)18(20)21/h6-7,9H,2-5H2,1H3,(H,16,19). The number of halogens is 2. The fourth-order valence-corrected chi connectivity index (χ4v) is 2.29. The van der Waals surface area contributed by atoms with E-state index in [0.717, 1.165) is 13.1 Å². The van der Waals surface area contributed by atoms with Gasteiger partial charge in [0.2, 0.25) is 5.82 Å². The summed E-state index contributed by atoms with van der Waals surface area (Å²) in [7, 11) is 1.95. The number of piperidine rings is 1. The average molecular weight is 299 g/mol. The van der Waals surface area contributed by atoms with Crippen LogP contribution in [0.2, 0.25) is 0 Å². The number of nitrogens with zero attached hydrogens (tertiary/aromatic N) is 2. The molecule has 1 aliphatic heterocycles. The second-order valence-electron chi connectivity index (χ2n) is 5.09.